The molecule has 7 heteroatoms. The van der Waals surface area contributed by atoms with Crippen LogP contribution in [0.15, 0.2) is 29.3 Å². The van der Waals surface area contributed by atoms with Crippen molar-refractivity contribution in [1.82, 2.24) is 20.4 Å². The van der Waals surface area contributed by atoms with E-state index in [9.17, 15) is 4.79 Å². The first-order chi connectivity index (χ1) is 12.4. The van der Waals surface area contributed by atoms with Crippen LogP contribution in [-0.4, -0.2) is 76.1 Å². The summed E-state index contributed by atoms with van der Waals surface area (Å²) in [6, 6.07) is 7.96. The summed E-state index contributed by atoms with van der Waals surface area (Å²) < 4.78 is 5.73. The highest BCUT2D eigenvalue weighted by Crippen LogP contribution is 2.13. The second kappa shape index (κ2) is 12.1. The lowest BCUT2D eigenvalue weighted by molar-refractivity contribution is -0.127. The molecule has 0 spiro atoms. The van der Waals surface area contributed by atoms with E-state index < -0.39 is 0 Å². The smallest absolute Gasteiger partial charge is 0.241 e. The van der Waals surface area contributed by atoms with Crippen LogP contribution in [0.2, 0.25) is 0 Å². The van der Waals surface area contributed by atoms with Crippen molar-refractivity contribution in [3.63, 3.8) is 0 Å². The number of rotatable bonds is 10. The summed E-state index contributed by atoms with van der Waals surface area (Å²) in [5.74, 6) is 1.51. The Labute approximate surface area is 157 Å². The van der Waals surface area contributed by atoms with E-state index in [0.29, 0.717) is 19.1 Å². The predicted octanol–water partition coefficient (Wildman–Crippen LogP) is 1.16. The SMILES string of the molecule is CCNC(=NCc1ccc(OCCCN(C)C)cc1)NCC(=O)N(C)C. The minimum atomic E-state index is 0.00590. The van der Waals surface area contributed by atoms with Gasteiger partial charge in [-0.15, -0.1) is 0 Å². The van der Waals surface area contributed by atoms with E-state index in [1.54, 1.807) is 19.0 Å². The number of carbonyl (C=O) groups is 1. The first kappa shape index (κ1) is 21.8. The molecule has 1 aromatic rings. The largest absolute Gasteiger partial charge is 0.494 e. The molecule has 26 heavy (non-hydrogen) atoms. The number of ether oxygens (including phenoxy) is 1. The topological polar surface area (TPSA) is 69.2 Å². The number of benzene rings is 1. The normalized spacial score (nSPS) is 11.4. The number of likely N-dealkylation sites (N-methyl/N-ethyl adjacent to an activating group) is 1. The summed E-state index contributed by atoms with van der Waals surface area (Å²) in [7, 11) is 7.58. The number of hydrogen-bond donors (Lipinski definition) is 2. The third-order valence-corrected chi connectivity index (χ3v) is 3.61. The van der Waals surface area contributed by atoms with Gasteiger partial charge in [0.15, 0.2) is 5.96 Å². The van der Waals surface area contributed by atoms with Gasteiger partial charge in [-0.3, -0.25) is 4.79 Å². The summed E-state index contributed by atoms with van der Waals surface area (Å²) >= 11 is 0. The predicted molar refractivity (Wildman–Crippen MR) is 107 cm³/mol. The van der Waals surface area contributed by atoms with Crippen molar-refractivity contribution >= 4 is 11.9 Å². The quantitative estimate of drug-likeness (QED) is 0.371. The average Bonchev–Trinajstić information content (AvgIpc) is 2.61. The molecule has 0 aliphatic carbocycles. The van der Waals surface area contributed by atoms with Crippen molar-refractivity contribution in [1.29, 1.82) is 0 Å². The van der Waals surface area contributed by atoms with Crippen LogP contribution in [0.4, 0.5) is 0 Å². The van der Waals surface area contributed by atoms with Crippen LogP contribution < -0.4 is 15.4 Å². The van der Waals surface area contributed by atoms with Crippen molar-refractivity contribution in [3.05, 3.63) is 29.8 Å². The molecule has 1 amide bonds. The van der Waals surface area contributed by atoms with Gasteiger partial charge in [-0.25, -0.2) is 4.99 Å². The van der Waals surface area contributed by atoms with Gasteiger partial charge in [0.2, 0.25) is 5.91 Å². The van der Waals surface area contributed by atoms with Gasteiger partial charge in [-0.05, 0) is 45.1 Å². The van der Waals surface area contributed by atoms with Crippen LogP contribution in [0.25, 0.3) is 0 Å². The second-order valence-electron chi connectivity index (χ2n) is 6.49. The Kier molecular flexibility index (Phi) is 10.2. The maximum Gasteiger partial charge on any atom is 0.241 e. The fourth-order valence-corrected chi connectivity index (χ4v) is 2.09. The molecule has 0 aliphatic rings. The Bertz CT molecular complexity index is 556. The van der Waals surface area contributed by atoms with E-state index in [1.807, 2.05) is 31.2 Å². The Hall–Kier alpha value is -2.28. The highest BCUT2D eigenvalue weighted by atomic mass is 16.5. The highest BCUT2D eigenvalue weighted by molar-refractivity contribution is 5.86. The number of nitrogens with one attached hydrogen (secondary N) is 2. The zero-order valence-corrected chi connectivity index (χ0v) is 16.7. The Balaban J connectivity index is 2.49. The number of carbonyl (C=O) groups excluding carboxylic acids is 1. The number of hydrogen-bond acceptors (Lipinski definition) is 4. The van der Waals surface area contributed by atoms with Crippen LogP contribution in [0.1, 0.15) is 18.9 Å². The first-order valence-corrected chi connectivity index (χ1v) is 9.01. The Morgan fingerprint density at radius 1 is 1.12 bits per heavy atom. The molecule has 0 fully saturated rings. The molecule has 146 valence electrons. The molecule has 1 aromatic carbocycles. The van der Waals surface area contributed by atoms with Gasteiger partial charge < -0.3 is 25.2 Å². The maximum atomic E-state index is 11.7. The molecule has 0 saturated carbocycles. The molecule has 0 aliphatic heterocycles. The van der Waals surface area contributed by atoms with Crippen molar-refractivity contribution in [2.24, 2.45) is 4.99 Å². The summed E-state index contributed by atoms with van der Waals surface area (Å²) in [5, 5.41) is 6.19. The molecular formula is C19H33N5O2. The summed E-state index contributed by atoms with van der Waals surface area (Å²) in [6.45, 7) is 5.22. The van der Waals surface area contributed by atoms with Crippen LogP contribution in [-0.2, 0) is 11.3 Å². The van der Waals surface area contributed by atoms with Gasteiger partial charge in [-0.2, -0.15) is 0 Å². The molecule has 0 bridgehead atoms. The lowest BCUT2D eigenvalue weighted by atomic mass is 10.2. The maximum absolute atomic E-state index is 11.7. The van der Waals surface area contributed by atoms with E-state index in [0.717, 1.165) is 30.8 Å². The molecule has 0 saturated heterocycles. The molecule has 0 radical (unpaired) electrons. The molecular weight excluding hydrogens is 330 g/mol. The standard InChI is InChI=1S/C19H33N5O2/c1-6-20-19(22-15-18(25)24(4)5)21-14-16-8-10-17(11-9-16)26-13-7-12-23(2)3/h8-11H,6-7,12-15H2,1-5H3,(H2,20,21,22). The number of guanidine groups is 1. The molecule has 1 rings (SSSR count). The number of nitrogens with zero attached hydrogens (tertiary/aromatic N) is 3. The third-order valence-electron chi connectivity index (χ3n) is 3.61. The Morgan fingerprint density at radius 3 is 2.38 bits per heavy atom. The van der Waals surface area contributed by atoms with Crippen LogP contribution in [0, 0.1) is 0 Å². The van der Waals surface area contributed by atoms with E-state index in [2.05, 4.69) is 34.6 Å². The van der Waals surface area contributed by atoms with E-state index in [1.165, 1.54) is 0 Å². The van der Waals surface area contributed by atoms with Crippen LogP contribution in [0.5, 0.6) is 5.75 Å². The van der Waals surface area contributed by atoms with Crippen molar-refractivity contribution < 1.29 is 9.53 Å². The summed E-state index contributed by atoms with van der Waals surface area (Å²) in [5.41, 5.74) is 1.08. The van der Waals surface area contributed by atoms with Crippen molar-refractivity contribution in [2.75, 3.05) is 54.4 Å². The second-order valence-corrected chi connectivity index (χ2v) is 6.49. The minimum Gasteiger partial charge on any atom is -0.494 e. The fraction of sp³-hybridized carbons (Fsp3) is 0.579. The van der Waals surface area contributed by atoms with Crippen molar-refractivity contribution in [2.45, 2.75) is 19.9 Å². The van der Waals surface area contributed by atoms with E-state index in [-0.39, 0.29) is 12.5 Å². The van der Waals surface area contributed by atoms with Gasteiger partial charge in [0.05, 0.1) is 19.7 Å². The molecule has 0 unspecified atom stereocenters. The first-order valence-electron chi connectivity index (χ1n) is 9.01. The van der Waals surface area contributed by atoms with Crippen LogP contribution >= 0.6 is 0 Å². The van der Waals surface area contributed by atoms with Gasteiger partial charge in [-0.1, -0.05) is 12.1 Å². The van der Waals surface area contributed by atoms with Crippen molar-refractivity contribution in [3.8, 4) is 5.75 Å². The lowest BCUT2D eigenvalue weighted by Gasteiger charge is -2.14. The van der Waals surface area contributed by atoms with Gasteiger partial charge >= 0.3 is 0 Å². The number of aliphatic imine (C=N–C) groups is 1. The number of amides is 1. The molecule has 0 atom stereocenters. The minimum absolute atomic E-state index is 0.00590. The lowest BCUT2D eigenvalue weighted by Crippen LogP contribution is -2.42. The monoisotopic (exact) mass is 363 g/mol. The zero-order chi connectivity index (χ0) is 19.4. The zero-order valence-electron chi connectivity index (χ0n) is 16.7. The van der Waals surface area contributed by atoms with E-state index >= 15 is 0 Å². The third kappa shape index (κ3) is 9.27. The molecule has 7 nitrogen and oxygen atoms in total. The van der Waals surface area contributed by atoms with Gasteiger partial charge in [0, 0.05) is 27.2 Å². The van der Waals surface area contributed by atoms with Gasteiger partial charge in [0.25, 0.3) is 0 Å². The molecule has 0 heterocycles. The highest BCUT2D eigenvalue weighted by Gasteiger charge is 2.05. The molecule has 0 aromatic heterocycles. The fourth-order valence-electron chi connectivity index (χ4n) is 2.09. The molecule has 2 N–H and O–H groups in total. The summed E-state index contributed by atoms with van der Waals surface area (Å²) in [4.78, 5) is 19.9. The summed E-state index contributed by atoms with van der Waals surface area (Å²) in [6.07, 6.45) is 1.00. The Morgan fingerprint density at radius 2 is 1.81 bits per heavy atom. The average molecular weight is 364 g/mol. The van der Waals surface area contributed by atoms with Crippen LogP contribution in [0.3, 0.4) is 0 Å². The van der Waals surface area contributed by atoms with E-state index in [4.69, 9.17) is 4.74 Å². The van der Waals surface area contributed by atoms with Gasteiger partial charge in [0.1, 0.15) is 5.75 Å².